The molecular formula is C26H36FN11O10P2S2. The van der Waals surface area contributed by atoms with Crippen LogP contribution in [0.3, 0.4) is 0 Å². The summed E-state index contributed by atoms with van der Waals surface area (Å²) in [6.45, 7) is -4.15. The van der Waals surface area contributed by atoms with Gasteiger partial charge in [0.1, 0.15) is 42.4 Å². The van der Waals surface area contributed by atoms with E-state index in [1.54, 1.807) is 0 Å². The summed E-state index contributed by atoms with van der Waals surface area (Å²) in [5.41, 5.74) is 10.7. The molecule has 7 heterocycles. The van der Waals surface area contributed by atoms with Crippen molar-refractivity contribution in [2.45, 2.75) is 88.3 Å². The zero-order valence-corrected chi connectivity index (χ0v) is 31.1. The van der Waals surface area contributed by atoms with Crippen molar-refractivity contribution in [1.82, 2.24) is 43.8 Å². The van der Waals surface area contributed by atoms with Crippen molar-refractivity contribution in [3.05, 3.63) is 29.3 Å². The molecule has 52 heavy (non-hydrogen) atoms. The molecule has 0 radical (unpaired) electrons. The van der Waals surface area contributed by atoms with Crippen molar-refractivity contribution in [2.75, 3.05) is 24.7 Å². The van der Waals surface area contributed by atoms with E-state index in [0.717, 1.165) is 10.9 Å². The van der Waals surface area contributed by atoms with Crippen LogP contribution in [0.4, 0.5) is 16.2 Å². The molecule has 3 saturated heterocycles. The standard InChI is InChI=1S/C26H36FN11O10P2S2/c1-4-26(3,5-2)36-52-50(42)44-7-12-17(13(27)23(46-12)38-10-33-15-21(38)34-25(29)35-22(15)40)47-49(41,51)43-6-11-16(39)18(48-50)24(45-11)37-9-32-14-19(28)30-8-31-20(14)37/h8-13,16-18,23-24,36,39H,4-7H2,1-3H3,(H,41,51)(H2,28,30,31)(H3,29,34,35,40)/t11-,12-,13-,16-,17-,18-,23-,24-,49?,50+/m1/s1. The summed E-state index contributed by atoms with van der Waals surface area (Å²) in [6.07, 6.45) is -7.25. The van der Waals surface area contributed by atoms with Crippen LogP contribution in [0.15, 0.2) is 23.8 Å². The Morgan fingerprint density at radius 1 is 1.04 bits per heavy atom. The summed E-state index contributed by atoms with van der Waals surface area (Å²) in [6, 6.07) is 0. The molecule has 0 spiro atoms. The van der Waals surface area contributed by atoms with Crippen LogP contribution in [0.25, 0.3) is 22.3 Å². The Balaban J connectivity index is 1.26. The first kappa shape index (κ1) is 37.6. The fraction of sp³-hybridized carbons (Fsp3) is 0.615. The highest BCUT2D eigenvalue weighted by atomic mass is 32.7. The lowest BCUT2D eigenvalue weighted by atomic mass is 9.98. The number of fused-ring (bicyclic) bond motifs is 5. The second-order valence-corrected chi connectivity index (χ2v) is 19.0. The molecule has 3 fully saturated rings. The highest BCUT2D eigenvalue weighted by Gasteiger charge is 2.54. The van der Waals surface area contributed by atoms with Gasteiger partial charge in [0.15, 0.2) is 41.3 Å². The second-order valence-electron chi connectivity index (χ2n) is 12.5. The van der Waals surface area contributed by atoms with Crippen LogP contribution in [0.1, 0.15) is 46.1 Å². The largest absolute Gasteiger partial charge is 0.404 e. The van der Waals surface area contributed by atoms with Crippen molar-refractivity contribution in [2.24, 2.45) is 0 Å². The topological polar surface area (TPSA) is 284 Å². The Kier molecular flexibility index (Phi) is 10.3. The number of imidazole rings is 2. The van der Waals surface area contributed by atoms with Gasteiger partial charge in [-0.3, -0.25) is 32.5 Å². The van der Waals surface area contributed by atoms with E-state index >= 15 is 4.39 Å². The van der Waals surface area contributed by atoms with Gasteiger partial charge >= 0.3 is 13.5 Å². The number of nitrogen functional groups attached to an aromatic ring is 2. The van der Waals surface area contributed by atoms with Gasteiger partial charge in [-0.05, 0) is 31.6 Å². The summed E-state index contributed by atoms with van der Waals surface area (Å²) < 4.78 is 72.6. The Morgan fingerprint density at radius 3 is 2.44 bits per heavy atom. The minimum atomic E-state index is -4.43. The monoisotopic (exact) mass is 807 g/mol. The van der Waals surface area contributed by atoms with Crippen LogP contribution in [0, 0.1) is 0 Å². The normalized spacial score (nSPS) is 34.6. The number of aromatic nitrogens is 8. The fourth-order valence-electron chi connectivity index (χ4n) is 5.86. The number of H-pyrrole nitrogens is 1. The number of aliphatic hydroxyl groups is 1. The molecule has 3 aliphatic rings. The van der Waals surface area contributed by atoms with Crippen molar-refractivity contribution in [3.63, 3.8) is 0 Å². The SMILES string of the molecule is CCC(C)(CC)NS[P@@]1(=O)OC[C@H]2O[C@@H](n3cnc4c(=O)[nH]c(N)nc43)[C@H](F)[C@@H]2OP(O)(=S)OC[C@H]2O[C@@H](n3cnc4c(N)ncnc43)[C@H](O1)[C@@H]2O. The maximum absolute atomic E-state index is 16.4. The first-order valence-corrected chi connectivity index (χ1v) is 21.5. The van der Waals surface area contributed by atoms with Crippen molar-refractivity contribution < 1.29 is 46.5 Å². The Labute approximate surface area is 303 Å². The molecule has 1 unspecified atom stereocenters. The lowest BCUT2D eigenvalue weighted by Gasteiger charge is -2.32. The molecule has 7 rings (SSSR count). The van der Waals surface area contributed by atoms with Crippen LogP contribution in [0.2, 0.25) is 0 Å². The molecule has 4 aromatic heterocycles. The van der Waals surface area contributed by atoms with Gasteiger partial charge in [-0.1, -0.05) is 13.8 Å². The first-order chi connectivity index (χ1) is 24.6. The van der Waals surface area contributed by atoms with E-state index in [9.17, 15) is 19.4 Å². The molecule has 8 N–H and O–H groups in total. The average molecular weight is 808 g/mol. The van der Waals surface area contributed by atoms with E-state index in [4.69, 9.17) is 50.8 Å². The molecule has 0 amide bonds. The summed E-state index contributed by atoms with van der Waals surface area (Å²) >= 11 is 5.92. The molecule has 3 aliphatic heterocycles. The van der Waals surface area contributed by atoms with E-state index in [-0.39, 0.29) is 34.1 Å². The number of nitrogens with one attached hydrogen (secondary N) is 2. The van der Waals surface area contributed by atoms with E-state index in [2.05, 4.69) is 34.6 Å². The van der Waals surface area contributed by atoms with Crippen LogP contribution in [-0.4, -0.2) is 104 Å². The van der Waals surface area contributed by atoms with Crippen LogP contribution < -0.4 is 21.7 Å². The lowest BCUT2D eigenvalue weighted by Crippen LogP contribution is -2.38. The molecule has 26 heteroatoms. The quantitative estimate of drug-likeness (QED) is 0.114. The van der Waals surface area contributed by atoms with Gasteiger partial charge in [0.25, 0.3) is 5.56 Å². The molecule has 21 nitrogen and oxygen atoms in total. The Morgan fingerprint density at radius 2 is 1.71 bits per heavy atom. The van der Waals surface area contributed by atoms with Gasteiger partial charge in [0.2, 0.25) is 5.95 Å². The number of ether oxygens (including phenoxy) is 2. The number of hydrogen-bond donors (Lipinski definition) is 6. The summed E-state index contributed by atoms with van der Waals surface area (Å²) in [5, 5.41) is 11.5. The van der Waals surface area contributed by atoms with E-state index in [1.807, 2.05) is 20.8 Å². The number of alkyl halides is 1. The molecule has 284 valence electrons. The average Bonchev–Trinajstić information content (AvgIpc) is 3.87. The van der Waals surface area contributed by atoms with Gasteiger partial charge in [-0.25, -0.2) is 33.6 Å². The zero-order valence-electron chi connectivity index (χ0n) is 27.7. The predicted molar refractivity (Wildman–Crippen MR) is 186 cm³/mol. The Hall–Kier alpha value is -2.70. The predicted octanol–water partition coefficient (Wildman–Crippen LogP) is 1.58. The van der Waals surface area contributed by atoms with E-state index in [0.29, 0.717) is 24.4 Å². The number of anilines is 2. The third kappa shape index (κ3) is 7.01. The number of nitrogens with two attached hydrogens (primary N) is 2. The van der Waals surface area contributed by atoms with Gasteiger partial charge < -0.3 is 35.5 Å². The molecular weight excluding hydrogens is 771 g/mol. The highest BCUT2D eigenvalue weighted by Crippen LogP contribution is 2.63. The number of aromatic amines is 1. The van der Waals surface area contributed by atoms with Crippen molar-refractivity contribution in [3.8, 4) is 0 Å². The molecule has 0 aliphatic carbocycles. The van der Waals surface area contributed by atoms with Crippen LogP contribution in [0.5, 0.6) is 0 Å². The summed E-state index contributed by atoms with van der Waals surface area (Å²) in [4.78, 5) is 46.4. The molecule has 10 atom stereocenters. The smallest absolute Gasteiger partial charge is 0.387 e. The van der Waals surface area contributed by atoms with Gasteiger partial charge in [0, 0.05) is 17.1 Å². The van der Waals surface area contributed by atoms with Crippen molar-refractivity contribution in [1.29, 1.82) is 0 Å². The number of aliphatic hydroxyl groups excluding tert-OH is 1. The fourth-order valence-corrected chi connectivity index (χ4v) is 10.7. The minimum absolute atomic E-state index is 0.0809. The molecule has 0 saturated carbocycles. The zero-order chi connectivity index (χ0) is 37.2. The second kappa shape index (κ2) is 14.2. The number of nitrogens with zero attached hydrogens (tertiary/aromatic N) is 7. The van der Waals surface area contributed by atoms with Crippen molar-refractivity contribution >= 4 is 71.0 Å². The third-order valence-electron chi connectivity index (χ3n) is 9.23. The molecule has 2 bridgehead atoms. The molecule has 0 aromatic carbocycles. The van der Waals surface area contributed by atoms with Gasteiger partial charge in [-0.15, -0.1) is 0 Å². The third-order valence-corrected chi connectivity index (χ3v) is 14.1. The first-order valence-electron chi connectivity index (χ1n) is 16.0. The van der Waals surface area contributed by atoms with E-state index in [1.165, 1.54) is 17.2 Å². The van der Waals surface area contributed by atoms with Crippen LogP contribution in [-0.2, 0) is 43.9 Å². The van der Waals surface area contributed by atoms with Gasteiger partial charge in [0.05, 0.1) is 25.9 Å². The van der Waals surface area contributed by atoms with E-state index < -0.39 is 87.0 Å². The summed E-state index contributed by atoms with van der Waals surface area (Å²) in [5.74, 6) is -0.169. The maximum Gasteiger partial charge on any atom is 0.404 e. The number of hydrogen-bond acceptors (Lipinski definition) is 19. The van der Waals surface area contributed by atoms with Gasteiger partial charge in [-0.2, -0.15) is 4.98 Å². The Bertz CT molecular complexity index is 2120. The minimum Gasteiger partial charge on any atom is -0.387 e. The molecule has 4 aromatic rings. The highest BCUT2D eigenvalue weighted by molar-refractivity contribution is 8.54. The number of halogens is 1. The van der Waals surface area contributed by atoms with Crippen LogP contribution >= 0.6 is 25.1 Å². The number of rotatable bonds is 7. The maximum atomic E-state index is 16.4. The summed E-state index contributed by atoms with van der Waals surface area (Å²) in [7, 11) is 0. The lowest BCUT2D eigenvalue weighted by molar-refractivity contribution is -0.0585.